The van der Waals surface area contributed by atoms with Crippen LogP contribution < -0.4 is 5.32 Å². The summed E-state index contributed by atoms with van der Waals surface area (Å²) in [6, 6.07) is 5.49. The lowest BCUT2D eigenvalue weighted by molar-refractivity contribution is 0.479. The van der Waals surface area contributed by atoms with E-state index in [1.807, 2.05) is 6.92 Å². The molecule has 0 fully saturated rings. The van der Waals surface area contributed by atoms with Crippen molar-refractivity contribution in [1.82, 2.24) is 9.97 Å². The van der Waals surface area contributed by atoms with E-state index in [9.17, 15) is 0 Å². The number of rotatable bonds is 3. The van der Waals surface area contributed by atoms with E-state index in [-0.39, 0.29) is 0 Å². The van der Waals surface area contributed by atoms with Crippen molar-refractivity contribution in [2.24, 2.45) is 0 Å². The van der Waals surface area contributed by atoms with Crippen LogP contribution in [0.3, 0.4) is 0 Å². The van der Waals surface area contributed by atoms with E-state index in [1.54, 1.807) is 24.5 Å². The van der Waals surface area contributed by atoms with E-state index < -0.39 is 0 Å². The van der Waals surface area contributed by atoms with Crippen LogP contribution in [-0.4, -0.2) is 9.97 Å². The normalized spacial score (nSPS) is 9.75. The summed E-state index contributed by atoms with van der Waals surface area (Å²) in [5, 5.41) is 11.9. The first-order valence-corrected chi connectivity index (χ1v) is 4.80. The predicted molar refractivity (Wildman–Crippen MR) is 57.5 cm³/mol. The van der Waals surface area contributed by atoms with Gasteiger partial charge in [-0.2, -0.15) is 5.26 Å². The Morgan fingerprint density at radius 1 is 1.50 bits per heavy atom. The molecule has 2 aromatic heterocycles. The molecule has 2 heterocycles. The molecule has 2 rings (SSSR count). The largest absolute Gasteiger partial charge is 0.444 e. The number of hydrogen-bond acceptors (Lipinski definition) is 5. The molecule has 0 aromatic carbocycles. The molecule has 0 amide bonds. The van der Waals surface area contributed by atoms with Gasteiger partial charge in [0.1, 0.15) is 17.6 Å². The molecule has 2 aromatic rings. The zero-order chi connectivity index (χ0) is 11.4. The summed E-state index contributed by atoms with van der Waals surface area (Å²) in [6.45, 7) is 2.25. The van der Waals surface area contributed by atoms with Crippen molar-refractivity contribution in [3.63, 3.8) is 0 Å². The van der Waals surface area contributed by atoms with Gasteiger partial charge in [-0.15, -0.1) is 0 Å². The summed E-state index contributed by atoms with van der Waals surface area (Å²) < 4.78 is 5.29. The first kappa shape index (κ1) is 10.2. The highest BCUT2D eigenvalue weighted by Crippen LogP contribution is 2.11. The Bertz CT molecular complexity index is 527. The third-order valence-electron chi connectivity index (χ3n) is 2.00. The molecule has 5 heteroatoms. The summed E-state index contributed by atoms with van der Waals surface area (Å²) in [7, 11) is 0. The van der Waals surface area contributed by atoms with Crippen molar-refractivity contribution in [2.45, 2.75) is 13.5 Å². The zero-order valence-electron chi connectivity index (χ0n) is 8.77. The maximum absolute atomic E-state index is 8.85. The van der Waals surface area contributed by atoms with Gasteiger partial charge in [0.25, 0.3) is 0 Å². The van der Waals surface area contributed by atoms with Gasteiger partial charge in [0.15, 0.2) is 0 Å². The third kappa shape index (κ3) is 2.17. The summed E-state index contributed by atoms with van der Waals surface area (Å²) >= 11 is 0. The van der Waals surface area contributed by atoms with Crippen molar-refractivity contribution < 1.29 is 4.42 Å². The maximum Gasteiger partial charge on any atom is 0.213 e. The molecule has 0 aliphatic rings. The molecule has 0 bridgehead atoms. The van der Waals surface area contributed by atoms with Crippen LogP contribution in [0.5, 0.6) is 0 Å². The second kappa shape index (κ2) is 4.45. The number of nitriles is 1. The van der Waals surface area contributed by atoms with Crippen molar-refractivity contribution in [3.05, 3.63) is 41.7 Å². The molecule has 0 aliphatic heterocycles. The molecule has 0 aliphatic carbocycles. The Morgan fingerprint density at radius 2 is 2.38 bits per heavy atom. The van der Waals surface area contributed by atoms with Gasteiger partial charge in [-0.3, -0.25) is 0 Å². The lowest BCUT2D eigenvalue weighted by atomic mass is 10.3. The monoisotopic (exact) mass is 214 g/mol. The number of pyridine rings is 1. The minimum atomic E-state index is 0.416. The van der Waals surface area contributed by atoms with Gasteiger partial charge in [-0.1, -0.05) is 0 Å². The summed E-state index contributed by atoms with van der Waals surface area (Å²) in [5.41, 5.74) is 0.505. The lowest BCUT2D eigenvalue weighted by Crippen LogP contribution is -2.03. The van der Waals surface area contributed by atoms with Gasteiger partial charge in [-0.05, 0) is 19.1 Å². The molecule has 5 nitrogen and oxygen atoms in total. The van der Waals surface area contributed by atoms with Crippen molar-refractivity contribution in [1.29, 1.82) is 5.26 Å². The number of aromatic nitrogens is 2. The van der Waals surface area contributed by atoms with E-state index in [0.717, 1.165) is 5.76 Å². The van der Waals surface area contributed by atoms with Crippen LogP contribution in [0.4, 0.5) is 5.82 Å². The van der Waals surface area contributed by atoms with E-state index in [0.29, 0.717) is 23.8 Å². The van der Waals surface area contributed by atoms with Crippen LogP contribution in [0, 0.1) is 18.3 Å². The highest BCUT2D eigenvalue weighted by atomic mass is 16.4. The Kier molecular flexibility index (Phi) is 2.83. The molecule has 0 radical (unpaired) electrons. The first-order chi connectivity index (χ1) is 7.79. The van der Waals surface area contributed by atoms with Gasteiger partial charge >= 0.3 is 0 Å². The molecule has 0 spiro atoms. The van der Waals surface area contributed by atoms with Gasteiger partial charge in [-0.25, -0.2) is 9.97 Å². The number of anilines is 1. The average Bonchev–Trinajstić information content (AvgIpc) is 2.73. The molecule has 1 N–H and O–H groups in total. The minimum absolute atomic E-state index is 0.416. The second-order valence-electron chi connectivity index (χ2n) is 3.23. The summed E-state index contributed by atoms with van der Waals surface area (Å²) in [6.07, 6.45) is 3.28. The highest BCUT2D eigenvalue weighted by molar-refractivity contribution is 5.50. The summed E-state index contributed by atoms with van der Waals surface area (Å²) in [4.78, 5) is 8.11. The fourth-order valence-electron chi connectivity index (χ4n) is 1.28. The number of hydrogen-bond donors (Lipinski definition) is 1. The van der Waals surface area contributed by atoms with E-state index in [1.165, 1.54) is 0 Å². The molecule has 0 saturated heterocycles. The summed E-state index contributed by atoms with van der Waals surface area (Å²) in [5.74, 6) is 1.88. The average molecular weight is 214 g/mol. The number of nitrogens with zero attached hydrogens (tertiary/aromatic N) is 3. The number of aryl methyl sites for hydroxylation is 1. The molecule has 16 heavy (non-hydrogen) atoms. The number of nitrogens with one attached hydrogen (secondary N) is 1. The van der Waals surface area contributed by atoms with Crippen LogP contribution in [-0.2, 0) is 6.54 Å². The van der Waals surface area contributed by atoms with E-state index >= 15 is 0 Å². The minimum Gasteiger partial charge on any atom is -0.444 e. The van der Waals surface area contributed by atoms with Crippen LogP contribution in [0.15, 0.2) is 28.9 Å². The van der Waals surface area contributed by atoms with Crippen LogP contribution in [0.2, 0.25) is 0 Å². The fraction of sp³-hybridized carbons (Fsp3) is 0.182. The van der Waals surface area contributed by atoms with E-state index in [2.05, 4.69) is 21.4 Å². The van der Waals surface area contributed by atoms with Crippen molar-refractivity contribution >= 4 is 5.82 Å². The molecular formula is C11H10N4O. The highest BCUT2D eigenvalue weighted by Gasteiger charge is 2.04. The smallest absolute Gasteiger partial charge is 0.213 e. The first-order valence-electron chi connectivity index (χ1n) is 4.80. The molecular weight excluding hydrogens is 204 g/mol. The SMILES string of the molecule is Cc1cnc(CNc2ncccc2C#N)o1. The third-order valence-corrected chi connectivity index (χ3v) is 2.00. The molecule has 0 saturated carbocycles. The van der Waals surface area contributed by atoms with Crippen LogP contribution in [0.1, 0.15) is 17.2 Å². The maximum atomic E-state index is 8.85. The fourth-order valence-corrected chi connectivity index (χ4v) is 1.28. The molecule has 0 atom stereocenters. The van der Waals surface area contributed by atoms with Gasteiger partial charge < -0.3 is 9.73 Å². The van der Waals surface area contributed by atoms with Crippen molar-refractivity contribution in [2.75, 3.05) is 5.32 Å². The zero-order valence-corrected chi connectivity index (χ0v) is 8.77. The Morgan fingerprint density at radius 3 is 3.06 bits per heavy atom. The van der Waals surface area contributed by atoms with Gasteiger partial charge in [0.05, 0.1) is 18.3 Å². The lowest BCUT2D eigenvalue weighted by Gasteiger charge is -2.03. The van der Waals surface area contributed by atoms with Crippen molar-refractivity contribution in [3.8, 4) is 6.07 Å². The Balaban J connectivity index is 2.08. The van der Waals surface area contributed by atoms with Crippen LogP contribution in [0.25, 0.3) is 0 Å². The van der Waals surface area contributed by atoms with Gasteiger partial charge in [0, 0.05) is 6.20 Å². The van der Waals surface area contributed by atoms with E-state index in [4.69, 9.17) is 9.68 Å². The van der Waals surface area contributed by atoms with Crippen LogP contribution >= 0.6 is 0 Å². The second-order valence-corrected chi connectivity index (χ2v) is 3.23. The van der Waals surface area contributed by atoms with Gasteiger partial charge in [0.2, 0.25) is 5.89 Å². The Labute approximate surface area is 92.8 Å². The Hall–Kier alpha value is -2.35. The topological polar surface area (TPSA) is 74.7 Å². The number of oxazole rings is 1. The molecule has 0 unspecified atom stereocenters. The quantitative estimate of drug-likeness (QED) is 0.844. The standard InChI is InChI=1S/C11H10N4O/c1-8-6-14-10(16-8)7-15-11-9(5-12)3-2-4-13-11/h2-4,6H,7H2,1H3,(H,13,15). The predicted octanol–water partition coefficient (Wildman–Crippen LogP) is 1.86. The molecule has 80 valence electrons.